The number of nitrogens with zero attached hydrogens (tertiary/aromatic N) is 3. The van der Waals surface area contributed by atoms with Crippen LogP contribution in [0, 0.1) is 13.8 Å². The molecule has 0 unspecified atom stereocenters. The fourth-order valence-corrected chi connectivity index (χ4v) is 3.01. The monoisotopic (exact) mass is 328 g/mol. The lowest BCUT2D eigenvalue weighted by molar-refractivity contribution is -0.139. The van der Waals surface area contributed by atoms with Crippen LogP contribution in [0.5, 0.6) is 0 Å². The smallest absolute Gasteiger partial charge is 0.305 e. The summed E-state index contributed by atoms with van der Waals surface area (Å²) in [7, 11) is 0. The number of amides is 1. The second-order valence-corrected chi connectivity index (χ2v) is 6.43. The van der Waals surface area contributed by atoms with Gasteiger partial charge < -0.3 is 10.4 Å². The average Bonchev–Trinajstić information content (AvgIpc) is 2.87. The quantitative estimate of drug-likeness (QED) is 0.875. The van der Waals surface area contributed by atoms with Gasteiger partial charge >= 0.3 is 5.97 Å². The number of aromatic nitrogens is 3. The van der Waals surface area contributed by atoms with Crippen molar-refractivity contribution in [1.82, 2.24) is 20.3 Å². The number of aryl methyl sites for hydroxylation is 1. The van der Waals surface area contributed by atoms with Crippen LogP contribution in [0.1, 0.15) is 47.4 Å². The third-order valence-electron chi connectivity index (χ3n) is 4.57. The molecule has 1 aromatic heterocycles. The van der Waals surface area contributed by atoms with Crippen LogP contribution in [-0.4, -0.2) is 37.5 Å². The second kappa shape index (κ2) is 6.07. The Bertz CT molecular complexity index is 776. The molecular weight excluding hydrogens is 308 g/mol. The summed E-state index contributed by atoms with van der Waals surface area (Å²) >= 11 is 0. The largest absolute Gasteiger partial charge is 0.481 e. The first kappa shape index (κ1) is 16.2. The molecule has 0 radical (unpaired) electrons. The summed E-state index contributed by atoms with van der Waals surface area (Å²) in [5, 5.41) is 20.0. The van der Waals surface area contributed by atoms with Crippen LogP contribution in [-0.2, 0) is 4.79 Å². The van der Waals surface area contributed by atoms with Crippen LogP contribution in [0.25, 0.3) is 5.69 Å². The molecule has 2 aromatic rings. The Hall–Kier alpha value is -2.70. The second-order valence-electron chi connectivity index (χ2n) is 6.43. The van der Waals surface area contributed by atoms with E-state index in [0.29, 0.717) is 18.5 Å². The van der Waals surface area contributed by atoms with Crippen LogP contribution >= 0.6 is 0 Å². The van der Waals surface area contributed by atoms with Gasteiger partial charge in [0.1, 0.15) is 0 Å². The highest BCUT2D eigenvalue weighted by atomic mass is 16.4. The SMILES string of the molecule is Cc1ccc(-n2nnc(C(=O)NC3(CC(=O)O)CCC3)c2C)cc1. The standard InChI is InChI=1S/C17H20N4O3/c1-11-4-6-13(7-5-11)21-12(2)15(19-20-21)16(24)18-17(8-3-9-17)10-14(22)23/h4-7H,3,8-10H2,1-2H3,(H,18,24)(H,22,23). The van der Waals surface area contributed by atoms with Crippen LogP contribution in [0.2, 0.25) is 0 Å². The summed E-state index contributed by atoms with van der Waals surface area (Å²) in [6.45, 7) is 3.77. The van der Waals surface area contributed by atoms with Gasteiger partial charge in [-0.15, -0.1) is 5.10 Å². The first-order chi connectivity index (χ1) is 11.4. The summed E-state index contributed by atoms with van der Waals surface area (Å²) in [6.07, 6.45) is 2.21. The molecule has 1 fully saturated rings. The number of aliphatic carboxylic acids is 1. The molecule has 0 atom stereocenters. The van der Waals surface area contributed by atoms with Crippen molar-refractivity contribution in [3.05, 3.63) is 41.2 Å². The summed E-state index contributed by atoms with van der Waals surface area (Å²) in [6, 6.07) is 7.76. The number of nitrogens with one attached hydrogen (secondary N) is 1. The fourth-order valence-electron chi connectivity index (χ4n) is 3.01. The van der Waals surface area contributed by atoms with Crippen molar-refractivity contribution in [3.63, 3.8) is 0 Å². The summed E-state index contributed by atoms with van der Waals surface area (Å²) < 4.78 is 1.61. The van der Waals surface area contributed by atoms with Gasteiger partial charge in [0, 0.05) is 0 Å². The van der Waals surface area contributed by atoms with Gasteiger partial charge in [-0.1, -0.05) is 22.9 Å². The number of carbonyl (C=O) groups excluding carboxylic acids is 1. The minimum absolute atomic E-state index is 0.0656. The van der Waals surface area contributed by atoms with Gasteiger partial charge in [-0.25, -0.2) is 4.68 Å². The Morgan fingerprint density at radius 2 is 1.92 bits per heavy atom. The van der Waals surface area contributed by atoms with Crippen molar-refractivity contribution >= 4 is 11.9 Å². The molecule has 0 saturated heterocycles. The molecule has 7 nitrogen and oxygen atoms in total. The van der Waals surface area contributed by atoms with Crippen LogP contribution in [0.4, 0.5) is 0 Å². The first-order valence-electron chi connectivity index (χ1n) is 7.94. The van der Waals surface area contributed by atoms with E-state index in [-0.39, 0.29) is 18.0 Å². The highest BCUT2D eigenvalue weighted by molar-refractivity contribution is 5.94. The molecule has 7 heteroatoms. The molecule has 1 aromatic carbocycles. The van der Waals surface area contributed by atoms with Crippen molar-refractivity contribution in [2.45, 2.75) is 45.1 Å². The number of benzene rings is 1. The number of carboxylic acid groups (broad SMARTS) is 1. The number of carbonyl (C=O) groups is 2. The number of carboxylic acids is 1. The molecule has 126 valence electrons. The van der Waals surface area contributed by atoms with Crippen LogP contribution in [0.3, 0.4) is 0 Å². The van der Waals surface area contributed by atoms with Crippen molar-refractivity contribution in [3.8, 4) is 5.69 Å². The van der Waals surface area contributed by atoms with E-state index < -0.39 is 11.5 Å². The summed E-state index contributed by atoms with van der Waals surface area (Å²) in [5.74, 6) is -1.28. The van der Waals surface area contributed by atoms with Crippen LogP contribution in [0.15, 0.2) is 24.3 Å². The third kappa shape index (κ3) is 3.02. The molecule has 1 aliphatic rings. The molecule has 24 heavy (non-hydrogen) atoms. The van der Waals surface area contributed by atoms with E-state index >= 15 is 0 Å². The minimum Gasteiger partial charge on any atom is -0.481 e. The zero-order valence-corrected chi connectivity index (χ0v) is 13.7. The zero-order chi connectivity index (χ0) is 17.3. The number of rotatable bonds is 5. The van der Waals surface area contributed by atoms with Gasteiger partial charge in [-0.2, -0.15) is 0 Å². The Balaban J connectivity index is 1.81. The van der Waals surface area contributed by atoms with Gasteiger partial charge in [0.2, 0.25) is 0 Å². The van der Waals surface area contributed by atoms with E-state index in [1.54, 1.807) is 11.6 Å². The maximum Gasteiger partial charge on any atom is 0.305 e. The molecule has 1 heterocycles. The fraction of sp³-hybridized carbons (Fsp3) is 0.412. The molecule has 2 N–H and O–H groups in total. The van der Waals surface area contributed by atoms with Gasteiger partial charge in [0.15, 0.2) is 5.69 Å². The average molecular weight is 328 g/mol. The van der Waals surface area contributed by atoms with E-state index in [9.17, 15) is 9.59 Å². The van der Waals surface area contributed by atoms with Gasteiger partial charge in [-0.05, 0) is 45.2 Å². The molecule has 1 amide bonds. The topological polar surface area (TPSA) is 97.1 Å². The van der Waals surface area contributed by atoms with Gasteiger partial charge in [0.05, 0.1) is 23.3 Å². The zero-order valence-electron chi connectivity index (χ0n) is 13.7. The van der Waals surface area contributed by atoms with E-state index in [1.807, 2.05) is 31.2 Å². The molecular formula is C17H20N4O3. The molecule has 1 saturated carbocycles. The van der Waals surface area contributed by atoms with Crippen LogP contribution < -0.4 is 5.32 Å². The summed E-state index contributed by atoms with van der Waals surface area (Å²) in [5.41, 5.74) is 2.17. The van der Waals surface area contributed by atoms with E-state index in [4.69, 9.17) is 5.11 Å². The predicted molar refractivity (Wildman–Crippen MR) is 87.1 cm³/mol. The third-order valence-corrected chi connectivity index (χ3v) is 4.57. The van der Waals surface area contributed by atoms with Crippen molar-refractivity contribution < 1.29 is 14.7 Å². The molecule has 0 bridgehead atoms. The maximum atomic E-state index is 12.5. The molecule has 0 spiro atoms. The van der Waals surface area contributed by atoms with Crippen molar-refractivity contribution in [1.29, 1.82) is 0 Å². The lowest BCUT2D eigenvalue weighted by Crippen LogP contribution is -2.54. The highest BCUT2D eigenvalue weighted by Crippen LogP contribution is 2.35. The Morgan fingerprint density at radius 3 is 2.46 bits per heavy atom. The Kier molecular flexibility index (Phi) is 4.09. The van der Waals surface area contributed by atoms with E-state index in [1.165, 1.54) is 0 Å². The first-order valence-corrected chi connectivity index (χ1v) is 7.94. The lowest BCUT2D eigenvalue weighted by Gasteiger charge is -2.41. The van der Waals surface area contributed by atoms with E-state index in [2.05, 4.69) is 15.6 Å². The summed E-state index contributed by atoms with van der Waals surface area (Å²) in [4.78, 5) is 23.6. The van der Waals surface area contributed by atoms with Gasteiger partial charge in [0.25, 0.3) is 5.91 Å². The number of hydrogen-bond acceptors (Lipinski definition) is 4. The Morgan fingerprint density at radius 1 is 1.25 bits per heavy atom. The van der Waals surface area contributed by atoms with Crippen molar-refractivity contribution in [2.75, 3.05) is 0 Å². The highest BCUT2D eigenvalue weighted by Gasteiger charge is 2.41. The Labute approximate surface area is 139 Å². The molecule has 1 aliphatic carbocycles. The maximum absolute atomic E-state index is 12.5. The van der Waals surface area contributed by atoms with E-state index in [0.717, 1.165) is 17.7 Å². The minimum atomic E-state index is -0.907. The normalized spacial score (nSPS) is 15.6. The van der Waals surface area contributed by atoms with Crippen molar-refractivity contribution in [2.24, 2.45) is 0 Å². The predicted octanol–water partition coefficient (Wildman–Crippen LogP) is 2.01. The van der Waals surface area contributed by atoms with Gasteiger partial charge in [-0.3, -0.25) is 9.59 Å². The number of hydrogen-bond donors (Lipinski definition) is 2. The molecule has 0 aliphatic heterocycles. The lowest BCUT2D eigenvalue weighted by atomic mass is 9.74. The molecule has 3 rings (SSSR count).